The predicted molar refractivity (Wildman–Crippen MR) is 140 cm³/mol. The van der Waals surface area contributed by atoms with Gasteiger partial charge >= 0.3 is 6.18 Å². The van der Waals surface area contributed by atoms with E-state index in [2.05, 4.69) is 28.1 Å². The maximum absolute atomic E-state index is 14.5. The number of fused-ring (bicyclic) bond motifs is 4. The summed E-state index contributed by atoms with van der Waals surface area (Å²) in [5, 5.41) is 15.2. The van der Waals surface area contributed by atoms with Crippen molar-refractivity contribution in [1.82, 2.24) is 4.57 Å². The first-order chi connectivity index (χ1) is 17.9. The van der Waals surface area contributed by atoms with Crippen LogP contribution in [-0.2, 0) is 5.41 Å². The summed E-state index contributed by atoms with van der Waals surface area (Å²) in [6.45, 7) is 7.49. The van der Waals surface area contributed by atoms with Gasteiger partial charge in [0.2, 0.25) is 6.79 Å². The summed E-state index contributed by atoms with van der Waals surface area (Å²) >= 11 is 0. The number of nitrogens with zero attached hydrogens (tertiary/aromatic N) is 1. The van der Waals surface area contributed by atoms with Crippen LogP contribution in [0.5, 0.6) is 11.5 Å². The van der Waals surface area contributed by atoms with Gasteiger partial charge in [0.1, 0.15) is 0 Å². The first-order valence-electron chi connectivity index (χ1n) is 12.6. The van der Waals surface area contributed by atoms with E-state index in [4.69, 9.17) is 9.47 Å². The van der Waals surface area contributed by atoms with Crippen molar-refractivity contribution < 1.29 is 27.8 Å². The Labute approximate surface area is 218 Å². The molecule has 0 spiro atoms. The summed E-state index contributed by atoms with van der Waals surface area (Å²) in [6.07, 6.45) is -3.44. The van der Waals surface area contributed by atoms with Gasteiger partial charge in [0.25, 0.3) is 0 Å². The van der Waals surface area contributed by atoms with E-state index in [-0.39, 0.29) is 6.79 Å². The van der Waals surface area contributed by atoms with Crippen molar-refractivity contribution in [2.24, 2.45) is 0 Å². The van der Waals surface area contributed by atoms with Crippen LogP contribution >= 0.6 is 0 Å². The quantitative estimate of drug-likeness (QED) is 0.301. The largest absolute Gasteiger partial charge is 0.454 e. The van der Waals surface area contributed by atoms with E-state index < -0.39 is 29.7 Å². The monoisotopic (exact) mass is 522 g/mol. The van der Waals surface area contributed by atoms with Crippen molar-refractivity contribution >= 4 is 16.6 Å². The average molecular weight is 523 g/mol. The molecule has 8 heteroatoms. The molecule has 3 aromatic carbocycles. The lowest BCUT2D eigenvalue weighted by Crippen LogP contribution is -2.58. The fourth-order valence-corrected chi connectivity index (χ4v) is 6.22. The van der Waals surface area contributed by atoms with E-state index in [1.165, 1.54) is 0 Å². The lowest BCUT2D eigenvalue weighted by Gasteiger charge is -2.49. The third-order valence-electron chi connectivity index (χ3n) is 7.73. The molecular weight excluding hydrogens is 493 g/mol. The van der Waals surface area contributed by atoms with Crippen LogP contribution in [0.2, 0.25) is 0 Å². The number of hydrogen-bond acceptors (Lipinski definition) is 4. The molecule has 2 unspecified atom stereocenters. The van der Waals surface area contributed by atoms with E-state index in [9.17, 15) is 18.3 Å². The highest BCUT2D eigenvalue weighted by Gasteiger charge is 2.64. The summed E-state index contributed by atoms with van der Waals surface area (Å²) in [7, 11) is 0. The Morgan fingerprint density at radius 1 is 0.974 bits per heavy atom. The highest BCUT2D eigenvalue weighted by molar-refractivity contribution is 5.85. The lowest BCUT2D eigenvalue weighted by molar-refractivity contribution is -0.275. The molecule has 198 valence electrons. The highest BCUT2D eigenvalue weighted by atomic mass is 19.4. The van der Waals surface area contributed by atoms with Gasteiger partial charge in [-0.1, -0.05) is 26.0 Å². The number of nitrogens with one attached hydrogen (secondary N) is 1. The first kappa shape index (κ1) is 24.7. The van der Waals surface area contributed by atoms with Gasteiger partial charge in [-0.3, -0.25) is 0 Å². The molecule has 0 saturated heterocycles. The Bertz CT molecular complexity index is 1550. The Kier molecular flexibility index (Phi) is 5.31. The number of aliphatic hydroxyl groups is 1. The van der Waals surface area contributed by atoms with Crippen LogP contribution in [0.4, 0.5) is 18.9 Å². The van der Waals surface area contributed by atoms with Crippen LogP contribution in [0.15, 0.2) is 60.8 Å². The molecule has 1 aromatic heterocycles. The number of alkyl halides is 3. The molecular formula is C30H29F3N2O3. The number of ether oxygens (including phenoxy) is 2. The summed E-state index contributed by atoms with van der Waals surface area (Å²) in [5.74, 6) is 0.951. The maximum Gasteiger partial charge on any atom is 0.419 e. The van der Waals surface area contributed by atoms with Crippen LogP contribution in [0.3, 0.4) is 0 Å². The zero-order chi connectivity index (χ0) is 27.0. The van der Waals surface area contributed by atoms with Gasteiger partial charge < -0.3 is 24.5 Å². The average Bonchev–Trinajstić information content (AvgIpc) is 3.46. The third kappa shape index (κ3) is 3.73. The minimum atomic E-state index is -4.87. The van der Waals surface area contributed by atoms with Crippen molar-refractivity contribution in [1.29, 1.82) is 0 Å². The van der Waals surface area contributed by atoms with Gasteiger partial charge in [0, 0.05) is 28.5 Å². The molecule has 0 fully saturated rings. The van der Waals surface area contributed by atoms with Crippen LogP contribution in [-0.4, -0.2) is 28.2 Å². The zero-order valence-corrected chi connectivity index (χ0v) is 21.6. The molecule has 2 aliphatic rings. The Morgan fingerprint density at radius 2 is 1.71 bits per heavy atom. The third-order valence-corrected chi connectivity index (χ3v) is 7.73. The molecule has 4 aromatic rings. The lowest BCUT2D eigenvalue weighted by atomic mass is 9.63. The predicted octanol–water partition coefficient (Wildman–Crippen LogP) is 7.10. The van der Waals surface area contributed by atoms with Gasteiger partial charge in [-0.05, 0) is 84.8 Å². The van der Waals surface area contributed by atoms with Crippen LogP contribution in [0.25, 0.3) is 16.6 Å². The van der Waals surface area contributed by atoms with Crippen molar-refractivity contribution in [2.75, 3.05) is 12.1 Å². The second kappa shape index (κ2) is 8.17. The van der Waals surface area contributed by atoms with Crippen molar-refractivity contribution in [3.8, 4) is 17.2 Å². The second-order valence-electron chi connectivity index (χ2n) is 11.1. The van der Waals surface area contributed by atoms with Gasteiger partial charge in [0.05, 0.1) is 11.6 Å². The SMILES string of the molecule is Cc1cc(C)cc(-n2ccc3cc(NC4c5ccc6c(c5C(C)(C)CC4(O)C(F)(F)F)OCO6)ccc32)c1. The molecule has 2 heterocycles. The Balaban J connectivity index is 1.45. The number of halogens is 3. The number of hydrogen-bond donors (Lipinski definition) is 2. The normalized spacial score (nSPS) is 21.9. The summed E-state index contributed by atoms with van der Waals surface area (Å²) in [6, 6.07) is 15.4. The molecule has 2 atom stereocenters. The number of rotatable bonds is 3. The van der Waals surface area contributed by atoms with E-state index >= 15 is 0 Å². The number of benzene rings is 3. The fourth-order valence-electron chi connectivity index (χ4n) is 6.22. The molecule has 1 aliphatic carbocycles. The standard InChI is InChI=1S/C30H29F3N2O3/c1-17-11-18(2)13-21(12-17)35-10-9-19-14-20(5-7-23(19)35)34-27-22-6-8-24-26(38-16-37-24)25(22)28(3,4)15-29(27,36)30(31,32)33/h5-14,27,34,36H,15-16H2,1-4H3. The minimum Gasteiger partial charge on any atom is -0.454 e. The molecule has 0 saturated carbocycles. The Morgan fingerprint density at radius 3 is 2.42 bits per heavy atom. The number of aryl methyl sites for hydroxylation is 2. The second-order valence-corrected chi connectivity index (χ2v) is 11.1. The number of anilines is 1. The minimum absolute atomic E-state index is 0.0115. The summed E-state index contributed by atoms with van der Waals surface area (Å²) < 4.78 is 56.9. The van der Waals surface area contributed by atoms with Crippen LogP contribution in [0, 0.1) is 13.8 Å². The van der Waals surface area contributed by atoms with E-state index in [0.717, 1.165) is 27.7 Å². The first-order valence-corrected chi connectivity index (χ1v) is 12.6. The summed E-state index contributed by atoms with van der Waals surface area (Å²) in [5.41, 5.74) is 1.68. The van der Waals surface area contributed by atoms with Crippen molar-refractivity contribution in [3.63, 3.8) is 0 Å². The highest BCUT2D eigenvalue weighted by Crippen LogP contribution is 2.58. The smallest absolute Gasteiger partial charge is 0.419 e. The molecule has 2 N–H and O–H groups in total. The zero-order valence-electron chi connectivity index (χ0n) is 21.6. The molecule has 0 radical (unpaired) electrons. The van der Waals surface area contributed by atoms with E-state index in [1.807, 2.05) is 38.2 Å². The summed E-state index contributed by atoms with van der Waals surface area (Å²) in [4.78, 5) is 0. The van der Waals surface area contributed by atoms with Crippen molar-refractivity contribution in [3.05, 3.63) is 83.0 Å². The van der Waals surface area contributed by atoms with Gasteiger partial charge in [-0.15, -0.1) is 0 Å². The molecule has 5 nitrogen and oxygen atoms in total. The number of aromatic nitrogens is 1. The van der Waals surface area contributed by atoms with Crippen LogP contribution < -0.4 is 14.8 Å². The molecule has 6 rings (SSSR count). The van der Waals surface area contributed by atoms with E-state index in [0.29, 0.717) is 28.3 Å². The molecule has 38 heavy (non-hydrogen) atoms. The van der Waals surface area contributed by atoms with E-state index in [1.54, 1.807) is 32.0 Å². The van der Waals surface area contributed by atoms with Gasteiger partial charge in [-0.25, -0.2) is 0 Å². The topological polar surface area (TPSA) is 55.7 Å². The Hall–Kier alpha value is -3.65. The fraction of sp³-hybridized carbons (Fsp3) is 0.333. The molecule has 1 aliphatic heterocycles. The van der Waals surface area contributed by atoms with Gasteiger partial charge in [0.15, 0.2) is 17.1 Å². The maximum atomic E-state index is 14.5. The van der Waals surface area contributed by atoms with Crippen molar-refractivity contribution in [2.45, 2.75) is 57.3 Å². The molecule has 0 amide bonds. The van der Waals surface area contributed by atoms with Gasteiger partial charge in [-0.2, -0.15) is 13.2 Å². The molecule has 0 bridgehead atoms. The van der Waals surface area contributed by atoms with Crippen LogP contribution in [0.1, 0.15) is 48.6 Å².